The highest BCUT2D eigenvalue weighted by atomic mass is 15.4. The topological polar surface area (TPSA) is 6.48 Å². The molecule has 172 valence electrons. The molecule has 1 aliphatic rings. The molecule has 0 aromatic heterocycles. The minimum atomic E-state index is 0.637. The zero-order valence-electron chi connectivity index (χ0n) is 20.5. The lowest BCUT2D eigenvalue weighted by Crippen LogP contribution is -2.38. The van der Waals surface area contributed by atoms with Crippen molar-refractivity contribution in [1.29, 1.82) is 0 Å². The molecule has 0 aromatic rings. The summed E-state index contributed by atoms with van der Waals surface area (Å²) in [6.45, 7) is 9.25. The van der Waals surface area contributed by atoms with Crippen LogP contribution in [0.2, 0.25) is 0 Å². The van der Waals surface area contributed by atoms with Crippen LogP contribution in [0.4, 0.5) is 0 Å². The number of nitrogens with zero attached hydrogens (tertiary/aromatic N) is 2. The first-order chi connectivity index (χ1) is 14.3. The Kier molecular flexibility index (Phi) is 17.6. The first kappa shape index (κ1) is 26.4. The van der Waals surface area contributed by atoms with Gasteiger partial charge >= 0.3 is 0 Å². The standard InChI is InChI=1S/C27H54N2/c1-4-7-9-10-11-12-13-14-15-16-17-18-19-20-21-22-23-27-28(6-3)25-26-29(27)24-8-5-2/h25-27H,4-24H2,1-3H3. The summed E-state index contributed by atoms with van der Waals surface area (Å²) >= 11 is 0. The van der Waals surface area contributed by atoms with Crippen LogP contribution >= 0.6 is 0 Å². The number of hydrogen-bond acceptors (Lipinski definition) is 2. The molecule has 0 spiro atoms. The summed E-state index contributed by atoms with van der Waals surface area (Å²) in [5, 5.41) is 0. The Morgan fingerprint density at radius 1 is 0.483 bits per heavy atom. The van der Waals surface area contributed by atoms with Crippen molar-refractivity contribution < 1.29 is 0 Å². The fourth-order valence-electron chi connectivity index (χ4n) is 4.65. The lowest BCUT2D eigenvalue weighted by Gasteiger charge is -2.32. The fraction of sp³-hybridized carbons (Fsp3) is 0.926. The Morgan fingerprint density at radius 2 is 0.897 bits per heavy atom. The van der Waals surface area contributed by atoms with Gasteiger partial charge in [0.05, 0.1) is 0 Å². The van der Waals surface area contributed by atoms with Crippen LogP contribution in [0.5, 0.6) is 0 Å². The van der Waals surface area contributed by atoms with Crippen molar-refractivity contribution in [3.8, 4) is 0 Å². The quantitative estimate of drug-likeness (QED) is 0.176. The summed E-state index contributed by atoms with van der Waals surface area (Å²) in [6.07, 6.45) is 32.5. The Bertz CT molecular complexity index is 366. The molecular weight excluding hydrogens is 352 g/mol. The van der Waals surface area contributed by atoms with E-state index in [1.807, 2.05) is 0 Å². The van der Waals surface area contributed by atoms with Crippen molar-refractivity contribution in [2.24, 2.45) is 0 Å². The van der Waals surface area contributed by atoms with E-state index >= 15 is 0 Å². The van der Waals surface area contributed by atoms with Crippen LogP contribution in [0.1, 0.15) is 143 Å². The highest BCUT2D eigenvalue weighted by molar-refractivity contribution is 4.96. The third kappa shape index (κ3) is 13.3. The molecule has 0 fully saturated rings. The van der Waals surface area contributed by atoms with Gasteiger partial charge in [-0.15, -0.1) is 0 Å². The predicted octanol–water partition coefficient (Wildman–Crippen LogP) is 8.87. The van der Waals surface area contributed by atoms with E-state index in [0.717, 1.165) is 6.54 Å². The largest absolute Gasteiger partial charge is 0.356 e. The molecule has 0 aromatic carbocycles. The Balaban J connectivity index is 1.87. The van der Waals surface area contributed by atoms with Gasteiger partial charge in [-0.25, -0.2) is 0 Å². The highest BCUT2D eigenvalue weighted by Crippen LogP contribution is 2.22. The molecule has 0 saturated carbocycles. The highest BCUT2D eigenvalue weighted by Gasteiger charge is 2.23. The molecule has 0 radical (unpaired) electrons. The summed E-state index contributed by atoms with van der Waals surface area (Å²) in [5.74, 6) is 0. The smallest absolute Gasteiger partial charge is 0.101 e. The van der Waals surface area contributed by atoms with E-state index in [4.69, 9.17) is 0 Å². The normalized spacial score (nSPS) is 16.3. The Morgan fingerprint density at radius 3 is 1.34 bits per heavy atom. The molecule has 1 heterocycles. The Hall–Kier alpha value is -0.660. The molecule has 0 amide bonds. The fourth-order valence-corrected chi connectivity index (χ4v) is 4.65. The first-order valence-electron chi connectivity index (χ1n) is 13.5. The molecule has 0 bridgehead atoms. The van der Waals surface area contributed by atoms with Crippen LogP contribution in [-0.2, 0) is 0 Å². The summed E-state index contributed by atoms with van der Waals surface area (Å²) in [7, 11) is 0. The second-order valence-electron chi connectivity index (χ2n) is 9.29. The van der Waals surface area contributed by atoms with E-state index in [1.165, 1.54) is 129 Å². The average molecular weight is 407 g/mol. The molecule has 1 aliphatic heterocycles. The van der Waals surface area contributed by atoms with Crippen molar-refractivity contribution >= 4 is 0 Å². The number of unbranched alkanes of at least 4 members (excludes halogenated alkanes) is 16. The summed E-state index contributed by atoms with van der Waals surface area (Å²) in [5.41, 5.74) is 0. The van der Waals surface area contributed by atoms with Gasteiger partial charge in [-0.3, -0.25) is 0 Å². The minimum Gasteiger partial charge on any atom is -0.356 e. The van der Waals surface area contributed by atoms with E-state index in [2.05, 4.69) is 43.0 Å². The molecule has 0 saturated heterocycles. The zero-order chi connectivity index (χ0) is 21.0. The van der Waals surface area contributed by atoms with Gasteiger partial charge in [0.25, 0.3) is 0 Å². The van der Waals surface area contributed by atoms with E-state index in [0.29, 0.717) is 6.17 Å². The summed E-state index contributed by atoms with van der Waals surface area (Å²) in [4.78, 5) is 5.11. The molecular formula is C27H54N2. The third-order valence-corrected chi connectivity index (χ3v) is 6.67. The number of hydrogen-bond donors (Lipinski definition) is 0. The van der Waals surface area contributed by atoms with Crippen LogP contribution in [0.3, 0.4) is 0 Å². The first-order valence-corrected chi connectivity index (χ1v) is 13.5. The summed E-state index contributed by atoms with van der Waals surface area (Å²) < 4.78 is 0. The van der Waals surface area contributed by atoms with E-state index < -0.39 is 0 Å². The maximum atomic E-state index is 2.58. The summed E-state index contributed by atoms with van der Waals surface area (Å²) in [6, 6.07) is 0. The van der Waals surface area contributed by atoms with Crippen LogP contribution < -0.4 is 0 Å². The van der Waals surface area contributed by atoms with Gasteiger partial charge < -0.3 is 9.80 Å². The van der Waals surface area contributed by atoms with E-state index in [9.17, 15) is 0 Å². The monoisotopic (exact) mass is 406 g/mol. The molecule has 2 heteroatoms. The minimum absolute atomic E-state index is 0.637. The molecule has 0 aliphatic carbocycles. The van der Waals surface area contributed by atoms with Gasteiger partial charge in [-0.2, -0.15) is 0 Å². The molecule has 2 nitrogen and oxygen atoms in total. The van der Waals surface area contributed by atoms with E-state index in [-0.39, 0.29) is 0 Å². The Labute approximate surface area is 184 Å². The van der Waals surface area contributed by atoms with Crippen LogP contribution in [0.25, 0.3) is 0 Å². The van der Waals surface area contributed by atoms with Crippen molar-refractivity contribution in [3.63, 3.8) is 0 Å². The van der Waals surface area contributed by atoms with Gasteiger partial charge in [0.15, 0.2) is 0 Å². The lowest BCUT2D eigenvalue weighted by atomic mass is 10.0. The second kappa shape index (κ2) is 19.3. The molecule has 1 unspecified atom stereocenters. The third-order valence-electron chi connectivity index (χ3n) is 6.67. The maximum Gasteiger partial charge on any atom is 0.101 e. The van der Waals surface area contributed by atoms with Gasteiger partial charge in [-0.1, -0.05) is 117 Å². The number of rotatable bonds is 21. The average Bonchev–Trinajstić information content (AvgIpc) is 3.13. The van der Waals surface area contributed by atoms with Gasteiger partial charge in [0, 0.05) is 25.5 Å². The maximum absolute atomic E-state index is 2.58. The molecule has 0 N–H and O–H groups in total. The van der Waals surface area contributed by atoms with Gasteiger partial charge in [-0.05, 0) is 26.2 Å². The van der Waals surface area contributed by atoms with Crippen LogP contribution in [-0.4, -0.2) is 29.1 Å². The predicted molar refractivity (Wildman–Crippen MR) is 131 cm³/mol. The van der Waals surface area contributed by atoms with Crippen molar-refractivity contribution in [2.45, 2.75) is 149 Å². The van der Waals surface area contributed by atoms with E-state index in [1.54, 1.807) is 0 Å². The van der Waals surface area contributed by atoms with Crippen molar-refractivity contribution in [3.05, 3.63) is 12.4 Å². The molecule has 1 atom stereocenters. The lowest BCUT2D eigenvalue weighted by molar-refractivity contribution is 0.143. The van der Waals surface area contributed by atoms with Crippen molar-refractivity contribution in [2.75, 3.05) is 13.1 Å². The zero-order valence-corrected chi connectivity index (χ0v) is 20.5. The molecule has 29 heavy (non-hydrogen) atoms. The van der Waals surface area contributed by atoms with Gasteiger partial charge in [0.1, 0.15) is 6.17 Å². The second-order valence-corrected chi connectivity index (χ2v) is 9.29. The van der Waals surface area contributed by atoms with Crippen LogP contribution in [0, 0.1) is 0 Å². The van der Waals surface area contributed by atoms with Gasteiger partial charge in [0.2, 0.25) is 0 Å². The van der Waals surface area contributed by atoms with Crippen LogP contribution in [0.15, 0.2) is 12.4 Å². The van der Waals surface area contributed by atoms with Crippen molar-refractivity contribution in [1.82, 2.24) is 9.80 Å². The SMILES string of the molecule is CCCCCCCCCCCCCCCCCCC1N(CC)C=CN1CCCC. The molecule has 1 rings (SSSR count).